The summed E-state index contributed by atoms with van der Waals surface area (Å²) >= 11 is 1.43. The third-order valence-electron chi connectivity index (χ3n) is 4.08. The van der Waals surface area contributed by atoms with E-state index in [4.69, 9.17) is 4.74 Å². The first kappa shape index (κ1) is 17.6. The van der Waals surface area contributed by atoms with Gasteiger partial charge in [-0.25, -0.2) is 4.98 Å². The normalized spacial score (nSPS) is 12.7. The maximum absolute atomic E-state index is 12.4. The molecule has 25 heavy (non-hydrogen) atoms. The van der Waals surface area contributed by atoms with E-state index in [1.165, 1.54) is 22.2 Å². The van der Waals surface area contributed by atoms with Gasteiger partial charge in [-0.1, -0.05) is 26.0 Å². The van der Waals surface area contributed by atoms with Gasteiger partial charge in [0, 0.05) is 0 Å². The lowest BCUT2D eigenvalue weighted by atomic mass is 10.0. The van der Waals surface area contributed by atoms with E-state index in [0.717, 1.165) is 16.9 Å². The predicted molar refractivity (Wildman–Crippen MR) is 101 cm³/mol. The fourth-order valence-corrected chi connectivity index (χ4v) is 3.46. The second kappa shape index (κ2) is 7.37. The van der Waals surface area contributed by atoms with Crippen molar-refractivity contribution in [1.29, 1.82) is 0 Å². The molecule has 1 aromatic carbocycles. The molecule has 3 aromatic rings. The van der Waals surface area contributed by atoms with E-state index >= 15 is 0 Å². The summed E-state index contributed by atoms with van der Waals surface area (Å²) in [6, 6.07) is 7.85. The molecule has 0 fully saturated rings. The summed E-state index contributed by atoms with van der Waals surface area (Å²) in [5, 5.41) is 12.7. The van der Waals surface area contributed by atoms with Crippen molar-refractivity contribution in [3.05, 3.63) is 57.5 Å². The van der Waals surface area contributed by atoms with Gasteiger partial charge in [0.05, 0.1) is 18.3 Å². The molecule has 3 rings (SSSR count). The summed E-state index contributed by atoms with van der Waals surface area (Å²) in [7, 11) is 0. The first-order valence-corrected chi connectivity index (χ1v) is 9.17. The SMILES string of the molecule is Cc1ccc(C(C)C)c(OC[C@H](O)Cn2cnc3sccc3c2=O)c1. The summed E-state index contributed by atoms with van der Waals surface area (Å²) in [4.78, 5) is 17.3. The van der Waals surface area contributed by atoms with Crippen molar-refractivity contribution >= 4 is 21.6 Å². The van der Waals surface area contributed by atoms with E-state index in [-0.39, 0.29) is 18.7 Å². The van der Waals surface area contributed by atoms with E-state index in [1.807, 2.05) is 18.4 Å². The molecule has 0 aliphatic carbocycles. The van der Waals surface area contributed by atoms with Crippen molar-refractivity contribution in [2.45, 2.75) is 39.3 Å². The van der Waals surface area contributed by atoms with Crippen LogP contribution in [0.4, 0.5) is 0 Å². The maximum Gasteiger partial charge on any atom is 0.262 e. The first-order valence-electron chi connectivity index (χ1n) is 8.29. The van der Waals surface area contributed by atoms with Crippen molar-refractivity contribution in [2.24, 2.45) is 0 Å². The van der Waals surface area contributed by atoms with Gasteiger partial charge in [-0.3, -0.25) is 9.36 Å². The van der Waals surface area contributed by atoms with Crippen LogP contribution in [-0.2, 0) is 6.54 Å². The molecule has 0 amide bonds. The maximum atomic E-state index is 12.4. The van der Waals surface area contributed by atoms with Crippen LogP contribution in [0.15, 0.2) is 40.8 Å². The average molecular weight is 358 g/mol. The minimum Gasteiger partial charge on any atom is -0.491 e. The number of aliphatic hydroxyl groups is 1. The number of fused-ring (bicyclic) bond motifs is 1. The average Bonchev–Trinajstić information content (AvgIpc) is 3.05. The molecule has 2 heterocycles. The molecule has 0 unspecified atom stereocenters. The second-order valence-corrected chi connectivity index (χ2v) is 7.40. The summed E-state index contributed by atoms with van der Waals surface area (Å²) in [5.41, 5.74) is 2.08. The van der Waals surface area contributed by atoms with Crippen LogP contribution in [0.5, 0.6) is 5.75 Å². The highest BCUT2D eigenvalue weighted by Gasteiger charge is 2.13. The Kier molecular flexibility index (Phi) is 5.20. The quantitative estimate of drug-likeness (QED) is 0.734. The lowest BCUT2D eigenvalue weighted by Crippen LogP contribution is -2.30. The van der Waals surface area contributed by atoms with Crippen LogP contribution in [0, 0.1) is 6.92 Å². The van der Waals surface area contributed by atoms with Crippen molar-refractivity contribution in [1.82, 2.24) is 9.55 Å². The number of hydrogen-bond donors (Lipinski definition) is 1. The third-order valence-corrected chi connectivity index (χ3v) is 4.90. The van der Waals surface area contributed by atoms with Crippen LogP contribution in [0.25, 0.3) is 10.2 Å². The van der Waals surface area contributed by atoms with Crippen LogP contribution in [0.3, 0.4) is 0 Å². The van der Waals surface area contributed by atoms with E-state index in [9.17, 15) is 9.90 Å². The Morgan fingerprint density at radius 3 is 2.88 bits per heavy atom. The molecule has 1 atom stereocenters. The lowest BCUT2D eigenvalue weighted by Gasteiger charge is -2.18. The minimum atomic E-state index is -0.795. The summed E-state index contributed by atoms with van der Waals surface area (Å²) in [6.07, 6.45) is 0.687. The Morgan fingerprint density at radius 2 is 2.12 bits per heavy atom. The van der Waals surface area contributed by atoms with Gasteiger partial charge in [-0.15, -0.1) is 11.3 Å². The molecule has 0 saturated carbocycles. The van der Waals surface area contributed by atoms with E-state index in [2.05, 4.69) is 31.0 Å². The molecule has 6 heteroatoms. The lowest BCUT2D eigenvalue weighted by molar-refractivity contribution is 0.0908. The summed E-state index contributed by atoms with van der Waals surface area (Å²) in [5.74, 6) is 1.12. The molecule has 0 bridgehead atoms. The number of rotatable bonds is 6. The molecule has 2 aromatic heterocycles. The second-order valence-electron chi connectivity index (χ2n) is 6.50. The van der Waals surface area contributed by atoms with Gasteiger partial charge < -0.3 is 9.84 Å². The van der Waals surface area contributed by atoms with Gasteiger partial charge in [0.25, 0.3) is 5.56 Å². The van der Waals surface area contributed by atoms with Gasteiger partial charge in [0.1, 0.15) is 23.3 Å². The summed E-state index contributed by atoms with van der Waals surface area (Å²) < 4.78 is 7.28. The number of aromatic nitrogens is 2. The number of hydrogen-bond acceptors (Lipinski definition) is 5. The molecule has 5 nitrogen and oxygen atoms in total. The highest BCUT2D eigenvalue weighted by molar-refractivity contribution is 7.16. The zero-order valence-corrected chi connectivity index (χ0v) is 15.4. The zero-order valence-electron chi connectivity index (χ0n) is 14.6. The van der Waals surface area contributed by atoms with Crippen molar-refractivity contribution in [3.63, 3.8) is 0 Å². The smallest absolute Gasteiger partial charge is 0.262 e. The molecule has 132 valence electrons. The van der Waals surface area contributed by atoms with E-state index in [1.54, 1.807) is 6.07 Å². The van der Waals surface area contributed by atoms with Crippen molar-refractivity contribution in [2.75, 3.05) is 6.61 Å². The molecule has 0 aliphatic rings. The monoisotopic (exact) mass is 358 g/mol. The van der Waals surface area contributed by atoms with Crippen LogP contribution < -0.4 is 10.3 Å². The molecular weight excluding hydrogens is 336 g/mol. The van der Waals surface area contributed by atoms with E-state index in [0.29, 0.717) is 16.1 Å². The van der Waals surface area contributed by atoms with Gasteiger partial charge in [-0.05, 0) is 41.5 Å². The molecule has 0 radical (unpaired) electrons. The number of nitrogens with zero attached hydrogens (tertiary/aromatic N) is 2. The highest BCUT2D eigenvalue weighted by Crippen LogP contribution is 2.27. The number of aliphatic hydroxyl groups excluding tert-OH is 1. The fraction of sp³-hybridized carbons (Fsp3) is 0.368. The number of thiophene rings is 1. The third kappa shape index (κ3) is 3.91. The first-order chi connectivity index (χ1) is 12.0. The topological polar surface area (TPSA) is 64.3 Å². The zero-order chi connectivity index (χ0) is 18.0. The van der Waals surface area contributed by atoms with Gasteiger partial charge in [-0.2, -0.15) is 0 Å². The Balaban J connectivity index is 1.70. The van der Waals surface area contributed by atoms with Gasteiger partial charge in [0.15, 0.2) is 0 Å². The molecule has 0 aliphatic heterocycles. The Morgan fingerprint density at radius 1 is 1.32 bits per heavy atom. The van der Waals surface area contributed by atoms with Crippen LogP contribution in [-0.4, -0.2) is 27.4 Å². The Hall–Kier alpha value is -2.18. The summed E-state index contributed by atoms with van der Waals surface area (Å²) in [6.45, 7) is 6.50. The molecule has 1 N–H and O–H groups in total. The predicted octanol–water partition coefficient (Wildman–Crippen LogP) is 3.33. The van der Waals surface area contributed by atoms with Gasteiger partial charge in [0.2, 0.25) is 0 Å². The standard InChI is InChI=1S/C19H22N2O3S/c1-12(2)15-5-4-13(3)8-17(15)24-10-14(22)9-21-11-20-18-16(19(21)23)6-7-25-18/h4-8,11-12,14,22H,9-10H2,1-3H3/t14-/m1/s1. The molecule has 0 saturated heterocycles. The number of aryl methyl sites for hydroxylation is 1. The van der Waals surface area contributed by atoms with Crippen LogP contribution in [0.1, 0.15) is 30.9 Å². The van der Waals surface area contributed by atoms with Crippen LogP contribution >= 0.6 is 11.3 Å². The minimum absolute atomic E-state index is 0.122. The van der Waals surface area contributed by atoms with Gasteiger partial charge >= 0.3 is 0 Å². The Labute approximate surface area is 150 Å². The van der Waals surface area contributed by atoms with Crippen LogP contribution in [0.2, 0.25) is 0 Å². The largest absolute Gasteiger partial charge is 0.491 e. The molecule has 0 spiro atoms. The highest BCUT2D eigenvalue weighted by atomic mass is 32.1. The van der Waals surface area contributed by atoms with Crippen molar-refractivity contribution < 1.29 is 9.84 Å². The number of ether oxygens (including phenoxy) is 1. The number of benzene rings is 1. The van der Waals surface area contributed by atoms with Crippen molar-refractivity contribution in [3.8, 4) is 5.75 Å². The van der Waals surface area contributed by atoms with E-state index < -0.39 is 6.10 Å². The fourth-order valence-electron chi connectivity index (χ4n) is 2.73. The molecular formula is C19H22N2O3S. The Bertz CT molecular complexity index is 930.